The number of aryl methyl sites for hydroxylation is 1. The molecule has 0 radical (unpaired) electrons. The van der Waals surface area contributed by atoms with Gasteiger partial charge in [-0.2, -0.15) is 0 Å². The van der Waals surface area contributed by atoms with Crippen molar-refractivity contribution in [3.63, 3.8) is 0 Å². The Kier molecular flexibility index (Phi) is 5.78. The number of amides is 1. The van der Waals surface area contributed by atoms with Crippen molar-refractivity contribution in [2.75, 3.05) is 26.4 Å². The molecular weight excluding hydrogens is 388 g/mol. The quantitative estimate of drug-likeness (QED) is 0.592. The molecule has 0 fully saturated rings. The van der Waals surface area contributed by atoms with E-state index in [1.807, 2.05) is 25.1 Å². The molecule has 0 unspecified atom stereocenters. The molecule has 1 aromatic heterocycles. The minimum absolute atomic E-state index is 0.328. The number of rotatable bonds is 7. The molecule has 0 saturated carbocycles. The van der Waals surface area contributed by atoms with Crippen molar-refractivity contribution in [1.29, 1.82) is 0 Å². The fourth-order valence-electron chi connectivity index (χ4n) is 3.19. The summed E-state index contributed by atoms with van der Waals surface area (Å²) in [6.07, 6.45) is 0.625. The van der Waals surface area contributed by atoms with E-state index in [9.17, 15) is 9.59 Å². The molecule has 9 nitrogen and oxygen atoms in total. The van der Waals surface area contributed by atoms with E-state index in [0.717, 1.165) is 22.6 Å². The summed E-state index contributed by atoms with van der Waals surface area (Å²) in [6.45, 7) is 3.80. The van der Waals surface area contributed by atoms with Crippen LogP contribution in [-0.2, 0) is 22.5 Å². The summed E-state index contributed by atoms with van der Waals surface area (Å²) in [6, 6.07) is 10.7. The normalized spacial score (nSPS) is 12.6. The van der Waals surface area contributed by atoms with Crippen LogP contribution in [0.2, 0.25) is 0 Å². The van der Waals surface area contributed by atoms with Crippen molar-refractivity contribution >= 4 is 22.9 Å². The number of fused-ring (bicyclic) bond motifs is 2. The summed E-state index contributed by atoms with van der Waals surface area (Å²) in [7, 11) is 0. The minimum Gasteiger partial charge on any atom is -0.486 e. The average molecular weight is 410 g/mol. The SMILES string of the molecule is CCn1nnc2cc(C(=O)OCC(=O)NCCc3ccc4c(c3)OCCO4)ccc21. The van der Waals surface area contributed by atoms with Gasteiger partial charge in [0.2, 0.25) is 0 Å². The summed E-state index contributed by atoms with van der Waals surface area (Å²) in [4.78, 5) is 24.2. The Labute approximate surface area is 172 Å². The lowest BCUT2D eigenvalue weighted by Crippen LogP contribution is -2.30. The molecule has 0 atom stereocenters. The predicted octanol–water partition coefficient (Wildman–Crippen LogP) is 1.74. The maximum absolute atomic E-state index is 12.2. The molecule has 3 aromatic rings. The number of hydrogen-bond donors (Lipinski definition) is 1. The van der Waals surface area contributed by atoms with Crippen LogP contribution in [0.15, 0.2) is 36.4 Å². The number of aromatic nitrogens is 3. The van der Waals surface area contributed by atoms with Gasteiger partial charge in [-0.25, -0.2) is 9.48 Å². The molecule has 1 amide bonds. The van der Waals surface area contributed by atoms with Gasteiger partial charge in [0.05, 0.1) is 11.1 Å². The first kappa shape index (κ1) is 19.7. The third-order valence-corrected chi connectivity index (χ3v) is 4.73. The van der Waals surface area contributed by atoms with Crippen molar-refractivity contribution in [2.24, 2.45) is 0 Å². The Morgan fingerprint density at radius 1 is 1.13 bits per heavy atom. The molecule has 156 valence electrons. The number of nitrogens with one attached hydrogen (secondary N) is 1. The van der Waals surface area contributed by atoms with Crippen LogP contribution in [0.25, 0.3) is 11.0 Å². The maximum atomic E-state index is 12.2. The van der Waals surface area contributed by atoms with Gasteiger partial charge in [-0.15, -0.1) is 5.10 Å². The molecule has 2 heterocycles. The zero-order valence-electron chi connectivity index (χ0n) is 16.6. The van der Waals surface area contributed by atoms with Crippen molar-refractivity contribution in [3.05, 3.63) is 47.5 Å². The van der Waals surface area contributed by atoms with Gasteiger partial charge < -0.3 is 19.5 Å². The molecule has 0 aliphatic carbocycles. The van der Waals surface area contributed by atoms with E-state index in [1.165, 1.54) is 0 Å². The van der Waals surface area contributed by atoms with E-state index in [0.29, 0.717) is 43.8 Å². The van der Waals surface area contributed by atoms with Gasteiger partial charge in [0.25, 0.3) is 5.91 Å². The van der Waals surface area contributed by atoms with Gasteiger partial charge in [-0.05, 0) is 49.2 Å². The second-order valence-corrected chi connectivity index (χ2v) is 6.76. The standard InChI is InChI=1S/C21H22N4O5/c1-2-25-17-5-4-15(12-16(17)23-24-25)21(27)30-13-20(26)22-8-7-14-3-6-18-19(11-14)29-10-9-28-18/h3-6,11-12H,2,7-10,13H2,1H3,(H,22,26). The van der Waals surface area contributed by atoms with E-state index in [2.05, 4.69) is 15.6 Å². The van der Waals surface area contributed by atoms with Crippen LogP contribution in [0, 0.1) is 0 Å². The van der Waals surface area contributed by atoms with Crippen molar-refractivity contribution in [2.45, 2.75) is 19.9 Å². The Morgan fingerprint density at radius 3 is 2.80 bits per heavy atom. The van der Waals surface area contributed by atoms with Gasteiger partial charge in [0.1, 0.15) is 18.7 Å². The molecule has 0 spiro atoms. The Morgan fingerprint density at radius 2 is 1.97 bits per heavy atom. The molecule has 1 N–H and O–H groups in total. The molecule has 1 aliphatic rings. The summed E-state index contributed by atoms with van der Waals surface area (Å²) in [5, 5.41) is 10.8. The van der Waals surface area contributed by atoms with Gasteiger partial charge in [0.15, 0.2) is 18.1 Å². The second-order valence-electron chi connectivity index (χ2n) is 6.76. The summed E-state index contributed by atoms with van der Waals surface area (Å²) >= 11 is 0. The summed E-state index contributed by atoms with van der Waals surface area (Å²) in [5.41, 5.74) is 2.79. The highest BCUT2D eigenvalue weighted by Crippen LogP contribution is 2.30. The first-order valence-electron chi connectivity index (χ1n) is 9.79. The van der Waals surface area contributed by atoms with Crippen LogP contribution < -0.4 is 14.8 Å². The molecule has 4 rings (SSSR count). The lowest BCUT2D eigenvalue weighted by Gasteiger charge is -2.18. The zero-order valence-corrected chi connectivity index (χ0v) is 16.6. The van der Waals surface area contributed by atoms with Crippen LogP contribution in [0.4, 0.5) is 0 Å². The number of benzene rings is 2. The fraction of sp³-hybridized carbons (Fsp3) is 0.333. The smallest absolute Gasteiger partial charge is 0.338 e. The van der Waals surface area contributed by atoms with Crippen LogP contribution in [-0.4, -0.2) is 53.2 Å². The van der Waals surface area contributed by atoms with E-state index in [1.54, 1.807) is 22.9 Å². The molecule has 30 heavy (non-hydrogen) atoms. The largest absolute Gasteiger partial charge is 0.486 e. The number of carbonyl (C=O) groups excluding carboxylic acids is 2. The highest BCUT2D eigenvalue weighted by molar-refractivity contribution is 5.94. The minimum atomic E-state index is -0.579. The third-order valence-electron chi connectivity index (χ3n) is 4.73. The van der Waals surface area contributed by atoms with Gasteiger partial charge in [-0.1, -0.05) is 11.3 Å². The Bertz CT molecular complexity index is 1080. The number of hydrogen-bond acceptors (Lipinski definition) is 7. The Hall–Kier alpha value is -3.62. The van der Waals surface area contributed by atoms with Gasteiger partial charge >= 0.3 is 5.97 Å². The number of esters is 1. The zero-order chi connectivity index (χ0) is 20.9. The lowest BCUT2D eigenvalue weighted by molar-refractivity contribution is -0.124. The maximum Gasteiger partial charge on any atom is 0.338 e. The van der Waals surface area contributed by atoms with E-state index < -0.39 is 5.97 Å². The Balaban J connectivity index is 1.24. The number of ether oxygens (including phenoxy) is 3. The molecule has 9 heteroatoms. The van der Waals surface area contributed by atoms with E-state index in [4.69, 9.17) is 14.2 Å². The topological polar surface area (TPSA) is 105 Å². The van der Waals surface area contributed by atoms with E-state index in [-0.39, 0.29) is 12.5 Å². The average Bonchev–Trinajstić information content (AvgIpc) is 3.19. The van der Waals surface area contributed by atoms with Crippen LogP contribution >= 0.6 is 0 Å². The fourth-order valence-corrected chi connectivity index (χ4v) is 3.19. The predicted molar refractivity (Wildman–Crippen MR) is 108 cm³/mol. The van der Waals surface area contributed by atoms with Crippen LogP contribution in [0.5, 0.6) is 11.5 Å². The second kappa shape index (κ2) is 8.81. The lowest BCUT2D eigenvalue weighted by atomic mass is 10.1. The molecule has 0 saturated heterocycles. The number of carbonyl (C=O) groups is 2. The molecule has 0 bridgehead atoms. The summed E-state index contributed by atoms with van der Waals surface area (Å²) < 4.78 is 17.9. The number of nitrogens with zero attached hydrogens (tertiary/aromatic N) is 3. The van der Waals surface area contributed by atoms with E-state index >= 15 is 0 Å². The molecule has 1 aliphatic heterocycles. The van der Waals surface area contributed by atoms with Crippen molar-refractivity contribution < 1.29 is 23.8 Å². The molecular formula is C21H22N4O5. The first-order chi connectivity index (χ1) is 14.6. The van der Waals surface area contributed by atoms with Crippen molar-refractivity contribution in [3.8, 4) is 11.5 Å². The van der Waals surface area contributed by atoms with Crippen LogP contribution in [0.3, 0.4) is 0 Å². The van der Waals surface area contributed by atoms with Gasteiger partial charge in [0, 0.05) is 13.1 Å². The first-order valence-corrected chi connectivity index (χ1v) is 9.79. The third kappa shape index (κ3) is 4.35. The monoisotopic (exact) mass is 410 g/mol. The molecule has 2 aromatic carbocycles. The van der Waals surface area contributed by atoms with Crippen molar-refractivity contribution in [1.82, 2.24) is 20.3 Å². The van der Waals surface area contributed by atoms with Crippen LogP contribution in [0.1, 0.15) is 22.8 Å². The highest BCUT2D eigenvalue weighted by Gasteiger charge is 2.14. The highest BCUT2D eigenvalue weighted by atomic mass is 16.6. The summed E-state index contributed by atoms with van der Waals surface area (Å²) in [5.74, 6) is 0.509. The van der Waals surface area contributed by atoms with Gasteiger partial charge in [-0.3, -0.25) is 4.79 Å².